The average Bonchev–Trinajstić information content (AvgIpc) is 3.34. The molecular weight excluding hydrogens is 502 g/mol. The number of amides is 1. The number of benzene rings is 2. The lowest BCUT2D eigenvalue weighted by molar-refractivity contribution is -0.142. The van der Waals surface area contributed by atoms with Gasteiger partial charge in [0.2, 0.25) is 5.88 Å². The minimum atomic E-state index is -0.754. The topological polar surface area (TPSA) is 93.5 Å². The van der Waals surface area contributed by atoms with Crippen LogP contribution >= 0.6 is 11.6 Å². The fourth-order valence-electron chi connectivity index (χ4n) is 5.17. The van der Waals surface area contributed by atoms with Crippen molar-refractivity contribution in [3.05, 3.63) is 83.1 Å². The molecule has 0 spiro atoms. The van der Waals surface area contributed by atoms with E-state index in [2.05, 4.69) is 34.6 Å². The van der Waals surface area contributed by atoms with Gasteiger partial charge < -0.3 is 19.7 Å². The number of carboxylic acid groups (broad SMARTS) is 1. The molecule has 8 heteroatoms. The predicted octanol–water partition coefficient (Wildman–Crippen LogP) is 6.18. The van der Waals surface area contributed by atoms with Gasteiger partial charge in [-0.2, -0.15) is 0 Å². The molecule has 0 radical (unpaired) electrons. The van der Waals surface area contributed by atoms with E-state index in [1.807, 2.05) is 35.9 Å². The summed E-state index contributed by atoms with van der Waals surface area (Å²) in [5, 5.41) is 13.8. The molecule has 1 fully saturated rings. The van der Waals surface area contributed by atoms with Crippen LogP contribution in [0.2, 0.25) is 5.02 Å². The SMILES string of the molecule is CCOc1cc(-c2ccc(Cn3ccc4c(Cl)ccc(C(=O)N[C@H]5CC[C@@H](C(=O)O)CC5)c43)cc2)ccn1. The molecule has 0 aliphatic heterocycles. The van der Waals surface area contributed by atoms with Crippen LogP contribution in [0, 0.1) is 5.92 Å². The van der Waals surface area contributed by atoms with Gasteiger partial charge in [0, 0.05) is 41.5 Å². The van der Waals surface area contributed by atoms with Gasteiger partial charge in [-0.05, 0) is 73.6 Å². The Balaban J connectivity index is 1.35. The van der Waals surface area contributed by atoms with E-state index in [0.29, 0.717) is 55.3 Å². The number of pyridine rings is 1. The maximum atomic E-state index is 13.3. The summed E-state index contributed by atoms with van der Waals surface area (Å²) in [5.74, 6) is -0.635. The summed E-state index contributed by atoms with van der Waals surface area (Å²) in [7, 11) is 0. The van der Waals surface area contributed by atoms with Gasteiger partial charge in [-0.25, -0.2) is 4.98 Å². The number of hydrogen-bond acceptors (Lipinski definition) is 4. The number of carbonyl (C=O) groups excluding carboxylic acids is 1. The van der Waals surface area contributed by atoms with Gasteiger partial charge in [0.15, 0.2) is 0 Å². The maximum Gasteiger partial charge on any atom is 0.306 e. The highest BCUT2D eigenvalue weighted by Crippen LogP contribution is 2.30. The van der Waals surface area contributed by atoms with Gasteiger partial charge in [-0.1, -0.05) is 35.9 Å². The Labute approximate surface area is 226 Å². The summed E-state index contributed by atoms with van der Waals surface area (Å²) in [4.78, 5) is 28.8. The molecule has 0 unspecified atom stereocenters. The molecule has 2 N–H and O–H groups in total. The molecule has 0 bridgehead atoms. The summed E-state index contributed by atoms with van der Waals surface area (Å²) in [6.45, 7) is 3.08. The van der Waals surface area contributed by atoms with Crippen molar-refractivity contribution in [1.82, 2.24) is 14.9 Å². The van der Waals surface area contributed by atoms with Crippen molar-refractivity contribution in [2.45, 2.75) is 45.2 Å². The van der Waals surface area contributed by atoms with Gasteiger partial charge in [-0.3, -0.25) is 9.59 Å². The molecule has 1 amide bonds. The zero-order chi connectivity index (χ0) is 26.6. The van der Waals surface area contributed by atoms with Crippen LogP contribution in [0.5, 0.6) is 5.88 Å². The minimum Gasteiger partial charge on any atom is -0.481 e. The number of halogens is 1. The van der Waals surface area contributed by atoms with Gasteiger partial charge in [0.25, 0.3) is 5.91 Å². The molecular formula is C30H30ClN3O4. The van der Waals surface area contributed by atoms with Crippen LogP contribution in [0.25, 0.3) is 22.0 Å². The second-order valence-electron chi connectivity index (χ2n) is 9.67. The molecule has 1 aliphatic carbocycles. The van der Waals surface area contributed by atoms with Crippen molar-refractivity contribution in [3.8, 4) is 17.0 Å². The fraction of sp³-hybridized carbons (Fsp3) is 0.300. The van der Waals surface area contributed by atoms with Gasteiger partial charge in [-0.15, -0.1) is 0 Å². The predicted molar refractivity (Wildman–Crippen MR) is 148 cm³/mol. The van der Waals surface area contributed by atoms with Crippen molar-refractivity contribution in [2.24, 2.45) is 5.92 Å². The normalized spacial score (nSPS) is 17.3. The molecule has 5 rings (SSSR count). The Kier molecular flexibility index (Phi) is 7.65. The molecule has 0 saturated heterocycles. The molecule has 196 valence electrons. The number of aliphatic carboxylic acids is 1. The molecule has 7 nitrogen and oxygen atoms in total. The molecule has 1 aliphatic rings. The van der Waals surface area contributed by atoms with Gasteiger partial charge >= 0.3 is 5.97 Å². The number of ether oxygens (including phenoxy) is 1. The van der Waals surface area contributed by atoms with Crippen LogP contribution in [-0.4, -0.2) is 39.2 Å². The quantitative estimate of drug-likeness (QED) is 0.283. The molecule has 38 heavy (non-hydrogen) atoms. The van der Waals surface area contributed by atoms with E-state index in [9.17, 15) is 14.7 Å². The van der Waals surface area contributed by atoms with Crippen LogP contribution in [0.1, 0.15) is 48.5 Å². The molecule has 0 atom stereocenters. The zero-order valence-corrected chi connectivity index (χ0v) is 21.9. The number of fused-ring (bicyclic) bond motifs is 1. The summed E-state index contributed by atoms with van der Waals surface area (Å²) in [5.41, 5.74) is 4.53. The number of carboxylic acids is 1. The molecule has 2 aromatic heterocycles. The van der Waals surface area contributed by atoms with Crippen LogP contribution in [0.15, 0.2) is 67.0 Å². The van der Waals surface area contributed by atoms with Crippen molar-refractivity contribution in [2.75, 3.05) is 6.61 Å². The smallest absolute Gasteiger partial charge is 0.306 e. The van der Waals surface area contributed by atoms with Crippen molar-refractivity contribution < 1.29 is 19.4 Å². The highest BCUT2D eigenvalue weighted by atomic mass is 35.5. The standard InChI is InChI=1S/C30H30ClN3O4/c1-2-38-27-17-22(13-15-32-27)20-5-3-19(4-6-20)18-34-16-14-24-26(31)12-11-25(28(24)34)29(35)33-23-9-7-21(8-10-23)30(36)37/h3-6,11-17,21,23H,2,7-10,18H2,1H3,(H,33,35)(H,36,37)/t21-,23+. The number of aromatic nitrogens is 2. The van der Waals surface area contributed by atoms with Crippen LogP contribution in [0.3, 0.4) is 0 Å². The van der Waals surface area contributed by atoms with Crippen molar-refractivity contribution in [1.29, 1.82) is 0 Å². The van der Waals surface area contributed by atoms with E-state index in [0.717, 1.165) is 27.6 Å². The van der Waals surface area contributed by atoms with Gasteiger partial charge in [0.05, 0.1) is 23.6 Å². The first-order valence-corrected chi connectivity index (χ1v) is 13.3. The van der Waals surface area contributed by atoms with E-state index in [4.69, 9.17) is 16.3 Å². The fourth-order valence-corrected chi connectivity index (χ4v) is 5.38. The highest BCUT2D eigenvalue weighted by Gasteiger charge is 2.27. The number of carbonyl (C=O) groups is 2. The lowest BCUT2D eigenvalue weighted by Crippen LogP contribution is -2.38. The Bertz CT molecular complexity index is 1460. The Hall–Kier alpha value is -3.84. The maximum absolute atomic E-state index is 13.3. The van der Waals surface area contributed by atoms with Crippen LogP contribution < -0.4 is 10.1 Å². The number of hydrogen-bond donors (Lipinski definition) is 2. The number of rotatable bonds is 8. The van der Waals surface area contributed by atoms with Crippen LogP contribution in [0.4, 0.5) is 0 Å². The third-order valence-corrected chi connectivity index (χ3v) is 7.53. The molecule has 1 saturated carbocycles. The summed E-state index contributed by atoms with van der Waals surface area (Å²) >= 11 is 6.50. The highest BCUT2D eigenvalue weighted by molar-refractivity contribution is 6.36. The van der Waals surface area contributed by atoms with E-state index >= 15 is 0 Å². The molecule has 2 aromatic carbocycles. The molecule has 4 aromatic rings. The second-order valence-corrected chi connectivity index (χ2v) is 10.1. The lowest BCUT2D eigenvalue weighted by Gasteiger charge is -2.27. The third-order valence-electron chi connectivity index (χ3n) is 7.20. The van der Waals surface area contributed by atoms with E-state index in [1.165, 1.54) is 0 Å². The number of nitrogens with one attached hydrogen (secondary N) is 1. The van der Waals surface area contributed by atoms with E-state index in [1.54, 1.807) is 18.3 Å². The second kappa shape index (κ2) is 11.3. The van der Waals surface area contributed by atoms with E-state index < -0.39 is 5.97 Å². The Morgan fingerprint density at radius 1 is 1.05 bits per heavy atom. The average molecular weight is 532 g/mol. The van der Waals surface area contributed by atoms with E-state index in [-0.39, 0.29) is 17.9 Å². The summed E-state index contributed by atoms with van der Waals surface area (Å²) < 4.78 is 7.57. The van der Waals surface area contributed by atoms with Crippen molar-refractivity contribution >= 4 is 34.4 Å². The first-order valence-electron chi connectivity index (χ1n) is 12.9. The first-order chi connectivity index (χ1) is 18.4. The lowest BCUT2D eigenvalue weighted by atomic mass is 9.86. The van der Waals surface area contributed by atoms with Gasteiger partial charge in [0.1, 0.15) is 0 Å². The third kappa shape index (κ3) is 5.53. The largest absolute Gasteiger partial charge is 0.481 e. The summed E-state index contributed by atoms with van der Waals surface area (Å²) in [6, 6.07) is 17.6. The Morgan fingerprint density at radius 3 is 2.53 bits per heavy atom. The first kappa shape index (κ1) is 25.8. The van der Waals surface area contributed by atoms with Crippen LogP contribution in [-0.2, 0) is 11.3 Å². The molecule has 2 heterocycles. The zero-order valence-electron chi connectivity index (χ0n) is 21.2. The van der Waals surface area contributed by atoms with Crippen molar-refractivity contribution in [3.63, 3.8) is 0 Å². The number of nitrogens with zero attached hydrogens (tertiary/aromatic N) is 2. The summed E-state index contributed by atoms with van der Waals surface area (Å²) in [6.07, 6.45) is 6.18. The monoisotopic (exact) mass is 531 g/mol. The minimum absolute atomic E-state index is 0.0313. The Morgan fingerprint density at radius 2 is 1.82 bits per heavy atom.